The van der Waals surface area contributed by atoms with E-state index in [1.807, 2.05) is 48.5 Å². The summed E-state index contributed by atoms with van der Waals surface area (Å²) in [5.74, 6) is 1.59. The van der Waals surface area contributed by atoms with E-state index in [0.29, 0.717) is 6.42 Å². The lowest BCUT2D eigenvalue weighted by atomic mass is 10.1. The quantitative estimate of drug-likeness (QED) is 0.540. The Labute approximate surface area is 160 Å². The maximum Gasteiger partial charge on any atom is 0.203 e. The van der Waals surface area contributed by atoms with Crippen LogP contribution in [-0.2, 0) is 6.42 Å². The van der Waals surface area contributed by atoms with E-state index in [2.05, 4.69) is 15.5 Å². The predicted octanol–water partition coefficient (Wildman–Crippen LogP) is 2.62. The molecule has 1 heterocycles. The average Bonchev–Trinajstić information content (AvgIpc) is 2.73. The fourth-order valence-electron chi connectivity index (χ4n) is 3.18. The number of nitrogens with zero attached hydrogens (tertiary/aromatic N) is 2. The van der Waals surface area contributed by atoms with Gasteiger partial charge < -0.3 is 25.4 Å². The minimum Gasteiger partial charge on any atom is -0.494 e. The predicted molar refractivity (Wildman–Crippen MR) is 110 cm³/mol. The van der Waals surface area contributed by atoms with Gasteiger partial charge in [-0.25, -0.2) is 4.99 Å². The lowest BCUT2D eigenvalue weighted by Gasteiger charge is -2.31. The molecule has 0 amide bonds. The minimum atomic E-state index is 0.165. The Hall–Kier alpha value is -2.57. The van der Waals surface area contributed by atoms with E-state index in [-0.39, 0.29) is 6.61 Å². The summed E-state index contributed by atoms with van der Waals surface area (Å²) in [4.78, 5) is 7.19. The van der Waals surface area contributed by atoms with Gasteiger partial charge in [0.15, 0.2) is 0 Å². The van der Waals surface area contributed by atoms with Gasteiger partial charge >= 0.3 is 0 Å². The molecule has 1 saturated heterocycles. The molecule has 0 unspecified atom stereocenters. The van der Waals surface area contributed by atoms with Gasteiger partial charge in [-0.3, -0.25) is 0 Å². The van der Waals surface area contributed by atoms with Crippen LogP contribution in [0, 0.1) is 0 Å². The van der Waals surface area contributed by atoms with E-state index in [1.165, 1.54) is 0 Å². The number of aliphatic imine (C=N–C) groups is 1. The van der Waals surface area contributed by atoms with Gasteiger partial charge in [0.2, 0.25) is 5.96 Å². The zero-order chi connectivity index (χ0) is 18.9. The van der Waals surface area contributed by atoms with Crippen molar-refractivity contribution in [1.82, 2.24) is 10.2 Å². The molecule has 2 aromatic rings. The highest BCUT2D eigenvalue weighted by Gasteiger charge is 2.17. The van der Waals surface area contributed by atoms with Crippen LogP contribution >= 0.6 is 0 Å². The lowest BCUT2D eigenvalue weighted by molar-refractivity contribution is 0.287. The number of ether oxygens (including phenoxy) is 1. The van der Waals surface area contributed by atoms with E-state index < -0.39 is 0 Å². The van der Waals surface area contributed by atoms with Crippen LogP contribution in [0.4, 0.5) is 11.4 Å². The highest BCUT2D eigenvalue weighted by atomic mass is 16.5. The Bertz CT molecular complexity index is 743. The van der Waals surface area contributed by atoms with Crippen molar-refractivity contribution in [3.63, 3.8) is 0 Å². The van der Waals surface area contributed by atoms with Crippen molar-refractivity contribution in [2.24, 2.45) is 4.99 Å². The number of methoxy groups -OCH3 is 1. The number of piperazine rings is 1. The fourth-order valence-corrected chi connectivity index (χ4v) is 3.18. The molecule has 2 aromatic carbocycles. The molecule has 0 bridgehead atoms. The average molecular weight is 368 g/mol. The number of aryl methyl sites for hydroxylation is 1. The van der Waals surface area contributed by atoms with Crippen LogP contribution in [-0.4, -0.2) is 55.9 Å². The van der Waals surface area contributed by atoms with Crippen molar-refractivity contribution in [3.05, 3.63) is 54.1 Å². The number of rotatable bonds is 6. The van der Waals surface area contributed by atoms with E-state index >= 15 is 0 Å². The number of aliphatic hydroxyl groups excluding tert-OH is 1. The van der Waals surface area contributed by atoms with Gasteiger partial charge in [-0.15, -0.1) is 0 Å². The molecule has 0 saturated carbocycles. The monoisotopic (exact) mass is 368 g/mol. The largest absolute Gasteiger partial charge is 0.494 e. The number of para-hydroxylation sites is 2. The van der Waals surface area contributed by atoms with Gasteiger partial charge in [0.05, 0.1) is 7.11 Å². The Kier molecular flexibility index (Phi) is 7.07. The zero-order valence-corrected chi connectivity index (χ0v) is 15.8. The van der Waals surface area contributed by atoms with E-state index in [9.17, 15) is 0 Å². The Morgan fingerprint density at radius 3 is 2.63 bits per heavy atom. The number of benzene rings is 2. The van der Waals surface area contributed by atoms with Crippen LogP contribution in [0.3, 0.4) is 0 Å². The van der Waals surface area contributed by atoms with Crippen LogP contribution in [0.15, 0.2) is 53.5 Å². The molecule has 1 aliphatic rings. The molecule has 0 aromatic heterocycles. The molecular formula is C21H28N4O2. The summed E-state index contributed by atoms with van der Waals surface area (Å²) in [5.41, 5.74) is 2.86. The maximum atomic E-state index is 9.15. The second-order valence-corrected chi connectivity index (χ2v) is 6.46. The normalized spacial score (nSPS) is 14.9. The molecule has 0 radical (unpaired) electrons. The molecule has 0 atom stereocenters. The first-order chi connectivity index (χ1) is 13.3. The van der Waals surface area contributed by atoms with Crippen LogP contribution < -0.4 is 15.4 Å². The molecule has 3 N–H and O–H groups in total. The minimum absolute atomic E-state index is 0.165. The summed E-state index contributed by atoms with van der Waals surface area (Å²) in [6, 6.07) is 16.1. The highest BCUT2D eigenvalue weighted by Crippen LogP contribution is 2.32. The molecule has 27 heavy (non-hydrogen) atoms. The Morgan fingerprint density at radius 1 is 1.15 bits per heavy atom. The standard InChI is InChI=1S/C21H28N4O2/c1-27-20-17(8-6-16-26)7-5-11-19(20)24-21(25-14-12-22-13-15-25)23-18-9-3-2-4-10-18/h2-5,7,9-11,22,26H,6,8,12-16H2,1H3,(H,23,24). The smallest absolute Gasteiger partial charge is 0.203 e. The van der Waals surface area contributed by atoms with Crippen molar-refractivity contribution in [2.75, 3.05) is 45.2 Å². The van der Waals surface area contributed by atoms with E-state index in [0.717, 1.165) is 61.2 Å². The van der Waals surface area contributed by atoms with Gasteiger partial charge in [-0.05, 0) is 36.6 Å². The zero-order valence-electron chi connectivity index (χ0n) is 15.8. The van der Waals surface area contributed by atoms with Gasteiger partial charge in [0.1, 0.15) is 11.4 Å². The molecule has 1 fully saturated rings. The fraction of sp³-hybridized carbons (Fsp3) is 0.381. The molecule has 6 heteroatoms. The third-order valence-electron chi connectivity index (χ3n) is 4.56. The molecule has 0 spiro atoms. The first kappa shape index (κ1) is 19.2. The number of aliphatic hydroxyl groups is 1. The van der Waals surface area contributed by atoms with Crippen LogP contribution in [0.1, 0.15) is 12.0 Å². The highest BCUT2D eigenvalue weighted by molar-refractivity contribution is 5.96. The van der Waals surface area contributed by atoms with E-state index in [4.69, 9.17) is 14.8 Å². The molecule has 6 nitrogen and oxygen atoms in total. The molecule has 1 aliphatic heterocycles. The molecular weight excluding hydrogens is 340 g/mol. The summed E-state index contributed by atoms with van der Waals surface area (Å²) < 4.78 is 5.66. The molecule has 0 aliphatic carbocycles. The summed E-state index contributed by atoms with van der Waals surface area (Å²) in [7, 11) is 1.67. The summed E-state index contributed by atoms with van der Waals surface area (Å²) in [6.07, 6.45) is 1.47. The Balaban J connectivity index is 1.94. The summed E-state index contributed by atoms with van der Waals surface area (Å²) >= 11 is 0. The first-order valence-electron chi connectivity index (χ1n) is 9.45. The molecule has 3 rings (SSSR count). The maximum absolute atomic E-state index is 9.15. The van der Waals surface area contributed by atoms with Crippen LogP contribution in [0.5, 0.6) is 5.75 Å². The number of hydrogen-bond donors (Lipinski definition) is 3. The number of nitrogens with one attached hydrogen (secondary N) is 2. The lowest BCUT2D eigenvalue weighted by Crippen LogP contribution is -2.48. The second-order valence-electron chi connectivity index (χ2n) is 6.46. The third-order valence-corrected chi connectivity index (χ3v) is 4.56. The van der Waals surface area contributed by atoms with Gasteiger partial charge in [-0.1, -0.05) is 30.3 Å². The van der Waals surface area contributed by atoms with E-state index in [1.54, 1.807) is 7.11 Å². The number of hydrogen-bond acceptors (Lipinski definition) is 4. The number of anilines is 1. The molecule has 144 valence electrons. The van der Waals surface area contributed by atoms with Gasteiger partial charge in [0.25, 0.3) is 0 Å². The van der Waals surface area contributed by atoms with Gasteiger partial charge in [0, 0.05) is 38.5 Å². The van der Waals surface area contributed by atoms with Crippen molar-refractivity contribution in [3.8, 4) is 5.75 Å². The van der Waals surface area contributed by atoms with Gasteiger partial charge in [-0.2, -0.15) is 0 Å². The van der Waals surface area contributed by atoms with Crippen LogP contribution in [0.2, 0.25) is 0 Å². The number of guanidine groups is 1. The summed E-state index contributed by atoms with van der Waals surface area (Å²) in [5, 5.41) is 16.0. The SMILES string of the molecule is COc1c(CCCO)cccc1N=C(Nc1ccccc1)N1CCNCC1. The van der Waals surface area contributed by atoms with Crippen molar-refractivity contribution in [2.45, 2.75) is 12.8 Å². The van der Waals surface area contributed by atoms with Crippen molar-refractivity contribution < 1.29 is 9.84 Å². The topological polar surface area (TPSA) is 69.1 Å². The third kappa shape index (κ3) is 5.21. The van der Waals surface area contributed by atoms with Crippen LogP contribution in [0.25, 0.3) is 0 Å². The van der Waals surface area contributed by atoms with Crippen molar-refractivity contribution >= 4 is 17.3 Å². The first-order valence-corrected chi connectivity index (χ1v) is 9.45. The summed E-state index contributed by atoms with van der Waals surface area (Å²) in [6.45, 7) is 3.82. The Morgan fingerprint density at radius 2 is 1.93 bits per heavy atom. The van der Waals surface area contributed by atoms with Crippen molar-refractivity contribution in [1.29, 1.82) is 0 Å². The second kappa shape index (κ2) is 9.94.